The second-order valence-corrected chi connectivity index (χ2v) is 3.64. The van der Waals surface area contributed by atoms with Gasteiger partial charge in [-0.2, -0.15) is 0 Å². The molecule has 0 aromatic heterocycles. The van der Waals surface area contributed by atoms with E-state index >= 15 is 0 Å². The quantitative estimate of drug-likeness (QED) is 0.665. The van der Waals surface area contributed by atoms with Gasteiger partial charge in [0.2, 0.25) is 0 Å². The summed E-state index contributed by atoms with van der Waals surface area (Å²) in [6, 6.07) is 3.94. The number of alkyl halides is 2. The van der Waals surface area contributed by atoms with E-state index in [1.807, 2.05) is 0 Å². The van der Waals surface area contributed by atoms with Crippen molar-refractivity contribution in [2.75, 3.05) is 30.3 Å². The molecule has 0 aliphatic rings. The Morgan fingerprint density at radius 2 is 2.11 bits per heavy atom. The van der Waals surface area contributed by atoms with E-state index in [9.17, 15) is 13.6 Å². The summed E-state index contributed by atoms with van der Waals surface area (Å²) < 4.78 is 24.9. The molecule has 0 atom stereocenters. The van der Waals surface area contributed by atoms with E-state index in [-0.39, 0.29) is 30.1 Å². The molecule has 0 spiro atoms. The number of halogens is 2. The molecular formula is C11H14F2N2O3. The van der Waals surface area contributed by atoms with Crippen molar-refractivity contribution >= 4 is 17.3 Å². The highest BCUT2D eigenvalue weighted by Crippen LogP contribution is 2.24. The molecule has 1 rings (SSSR count). The fourth-order valence-electron chi connectivity index (χ4n) is 1.59. The van der Waals surface area contributed by atoms with Gasteiger partial charge in [-0.25, -0.2) is 13.6 Å². The molecule has 0 unspecified atom stereocenters. The standard InChI is InChI=1S/C11H14F2N2O3/c12-10(13)6-15(3-4-16)9-5-7(14)1-2-8(9)11(17)18/h1-2,5,10,16H,3-4,6,14H2,(H,17,18). The van der Waals surface area contributed by atoms with Crippen LogP contribution in [0, 0.1) is 0 Å². The Hall–Kier alpha value is -1.89. The maximum absolute atomic E-state index is 12.4. The average Bonchev–Trinajstić information content (AvgIpc) is 2.27. The number of carboxylic acid groups (broad SMARTS) is 1. The minimum Gasteiger partial charge on any atom is -0.478 e. The Morgan fingerprint density at radius 3 is 2.61 bits per heavy atom. The first kappa shape index (κ1) is 14.2. The Morgan fingerprint density at radius 1 is 1.44 bits per heavy atom. The van der Waals surface area contributed by atoms with Crippen molar-refractivity contribution in [3.63, 3.8) is 0 Å². The molecule has 100 valence electrons. The normalized spacial score (nSPS) is 10.7. The molecule has 18 heavy (non-hydrogen) atoms. The molecule has 0 saturated heterocycles. The van der Waals surface area contributed by atoms with E-state index < -0.39 is 18.9 Å². The summed E-state index contributed by atoms with van der Waals surface area (Å²) in [4.78, 5) is 12.1. The van der Waals surface area contributed by atoms with Gasteiger partial charge in [0.1, 0.15) is 0 Å². The van der Waals surface area contributed by atoms with E-state index in [4.69, 9.17) is 15.9 Å². The van der Waals surface area contributed by atoms with Crippen molar-refractivity contribution in [3.8, 4) is 0 Å². The summed E-state index contributed by atoms with van der Waals surface area (Å²) in [7, 11) is 0. The predicted octanol–water partition coefficient (Wildman–Crippen LogP) is 1.03. The van der Waals surface area contributed by atoms with Gasteiger partial charge in [0.15, 0.2) is 0 Å². The second kappa shape index (κ2) is 6.15. The minimum atomic E-state index is -2.64. The number of carboxylic acids is 1. The number of nitrogens with zero attached hydrogens (tertiary/aromatic N) is 1. The lowest BCUT2D eigenvalue weighted by Crippen LogP contribution is -2.32. The van der Waals surface area contributed by atoms with Crippen LogP contribution in [-0.2, 0) is 0 Å². The Bertz CT molecular complexity index is 427. The first-order valence-electron chi connectivity index (χ1n) is 5.22. The fourth-order valence-corrected chi connectivity index (χ4v) is 1.59. The van der Waals surface area contributed by atoms with Gasteiger partial charge < -0.3 is 20.8 Å². The summed E-state index contributed by atoms with van der Waals surface area (Å²) in [5.41, 5.74) is 5.75. The molecule has 0 amide bonds. The third kappa shape index (κ3) is 3.56. The third-order valence-electron chi connectivity index (χ3n) is 2.32. The van der Waals surface area contributed by atoms with Gasteiger partial charge in [-0.05, 0) is 18.2 Å². The predicted molar refractivity (Wildman–Crippen MR) is 63.1 cm³/mol. The summed E-state index contributed by atoms with van der Waals surface area (Å²) >= 11 is 0. The second-order valence-electron chi connectivity index (χ2n) is 3.64. The van der Waals surface area contributed by atoms with Crippen molar-refractivity contribution in [2.24, 2.45) is 0 Å². The van der Waals surface area contributed by atoms with Gasteiger partial charge in [-0.3, -0.25) is 0 Å². The highest BCUT2D eigenvalue weighted by Gasteiger charge is 2.19. The zero-order chi connectivity index (χ0) is 13.7. The lowest BCUT2D eigenvalue weighted by atomic mass is 10.1. The molecule has 0 radical (unpaired) electrons. The number of nitrogen functional groups attached to an aromatic ring is 1. The lowest BCUT2D eigenvalue weighted by molar-refractivity contribution is 0.0696. The molecule has 1 aromatic rings. The van der Waals surface area contributed by atoms with Crippen LogP contribution in [-0.4, -0.2) is 42.3 Å². The zero-order valence-electron chi connectivity index (χ0n) is 9.51. The van der Waals surface area contributed by atoms with Crippen LogP contribution in [0.5, 0.6) is 0 Å². The van der Waals surface area contributed by atoms with Crippen LogP contribution < -0.4 is 10.6 Å². The number of aromatic carboxylic acids is 1. The van der Waals surface area contributed by atoms with Gasteiger partial charge in [-0.1, -0.05) is 0 Å². The number of aliphatic hydroxyl groups excluding tert-OH is 1. The van der Waals surface area contributed by atoms with Crippen LogP contribution in [0.2, 0.25) is 0 Å². The summed E-state index contributed by atoms with van der Waals surface area (Å²) in [5, 5.41) is 17.8. The molecule has 5 nitrogen and oxygen atoms in total. The Labute approximate surface area is 102 Å². The van der Waals surface area contributed by atoms with E-state index in [0.717, 1.165) is 4.90 Å². The molecule has 0 heterocycles. The van der Waals surface area contributed by atoms with Crippen molar-refractivity contribution in [3.05, 3.63) is 23.8 Å². The smallest absolute Gasteiger partial charge is 0.337 e. The third-order valence-corrected chi connectivity index (χ3v) is 2.32. The molecule has 4 N–H and O–H groups in total. The largest absolute Gasteiger partial charge is 0.478 e. The van der Waals surface area contributed by atoms with Crippen LogP contribution >= 0.6 is 0 Å². The number of hydrogen-bond donors (Lipinski definition) is 3. The molecular weight excluding hydrogens is 246 g/mol. The topological polar surface area (TPSA) is 86.8 Å². The van der Waals surface area contributed by atoms with Gasteiger partial charge >= 0.3 is 5.97 Å². The molecule has 0 aliphatic heterocycles. The number of rotatable bonds is 6. The highest BCUT2D eigenvalue weighted by molar-refractivity contribution is 5.95. The average molecular weight is 260 g/mol. The van der Waals surface area contributed by atoms with Crippen molar-refractivity contribution in [1.29, 1.82) is 0 Å². The maximum atomic E-state index is 12.4. The van der Waals surface area contributed by atoms with Crippen molar-refractivity contribution in [1.82, 2.24) is 0 Å². The number of benzene rings is 1. The van der Waals surface area contributed by atoms with Crippen LogP contribution in [0.25, 0.3) is 0 Å². The molecule has 1 aromatic carbocycles. The highest BCUT2D eigenvalue weighted by atomic mass is 19.3. The van der Waals surface area contributed by atoms with Gasteiger partial charge in [0, 0.05) is 12.2 Å². The minimum absolute atomic E-state index is 0.0804. The van der Waals surface area contributed by atoms with Crippen LogP contribution in [0.4, 0.5) is 20.2 Å². The number of anilines is 2. The molecule has 0 bridgehead atoms. The zero-order valence-corrected chi connectivity index (χ0v) is 9.51. The maximum Gasteiger partial charge on any atom is 0.337 e. The summed E-state index contributed by atoms with van der Waals surface area (Å²) in [5.74, 6) is -1.23. The SMILES string of the molecule is Nc1ccc(C(=O)O)c(N(CCO)CC(F)F)c1. The summed E-state index contributed by atoms with van der Waals surface area (Å²) in [6.45, 7) is -1.11. The van der Waals surface area contributed by atoms with Gasteiger partial charge in [0.25, 0.3) is 6.43 Å². The van der Waals surface area contributed by atoms with Crippen LogP contribution in [0.15, 0.2) is 18.2 Å². The Balaban J connectivity index is 3.15. The molecule has 0 saturated carbocycles. The van der Waals surface area contributed by atoms with E-state index in [1.54, 1.807) is 0 Å². The fraction of sp³-hybridized carbons (Fsp3) is 0.364. The first-order chi connectivity index (χ1) is 8.45. The number of hydrogen-bond acceptors (Lipinski definition) is 4. The Kier molecular flexibility index (Phi) is 4.85. The van der Waals surface area contributed by atoms with Crippen LogP contribution in [0.3, 0.4) is 0 Å². The van der Waals surface area contributed by atoms with E-state index in [2.05, 4.69) is 0 Å². The van der Waals surface area contributed by atoms with E-state index in [1.165, 1.54) is 18.2 Å². The first-order valence-corrected chi connectivity index (χ1v) is 5.22. The summed E-state index contributed by atoms with van der Waals surface area (Å²) in [6.07, 6.45) is -2.64. The van der Waals surface area contributed by atoms with E-state index in [0.29, 0.717) is 0 Å². The van der Waals surface area contributed by atoms with Gasteiger partial charge in [0.05, 0.1) is 24.4 Å². The lowest BCUT2D eigenvalue weighted by Gasteiger charge is -2.25. The molecule has 7 heteroatoms. The number of nitrogens with two attached hydrogens (primary N) is 1. The van der Waals surface area contributed by atoms with Crippen LogP contribution in [0.1, 0.15) is 10.4 Å². The monoisotopic (exact) mass is 260 g/mol. The molecule has 0 fully saturated rings. The number of carbonyl (C=O) groups is 1. The van der Waals surface area contributed by atoms with Crippen molar-refractivity contribution in [2.45, 2.75) is 6.43 Å². The van der Waals surface area contributed by atoms with Gasteiger partial charge in [-0.15, -0.1) is 0 Å². The molecule has 0 aliphatic carbocycles. The van der Waals surface area contributed by atoms with Crippen molar-refractivity contribution < 1.29 is 23.8 Å². The number of aliphatic hydroxyl groups is 1.